The number of rotatable bonds is 6. The lowest BCUT2D eigenvalue weighted by Gasteiger charge is -2.38. The zero-order valence-corrected chi connectivity index (χ0v) is 17.9. The van der Waals surface area contributed by atoms with Gasteiger partial charge in [-0.1, -0.05) is 24.3 Å². The van der Waals surface area contributed by atoms with Gasteiger partial charge in [0.15, 0.2) is 0 Å². The summed E-state index contributed by atoms with van der Waals surface area (Å²) in [5.74, 6) is -0.727. The van der Waals surface area contributed by atoms with Gasteiger partial charge in [0.05, 0.1) is 10.9 Å². The van der Waals surface area contributed by atoms with E-state index < -0.39 is 6.04 Å². The number of thiophene rings is 1. The molecule has 0 bridgehead atoms. The molecule has 1 aromatic carbocycles. The van der Waals surface area contributed by atoms with Gasteiger partial charge >= 0.3 is 0 Å². The minimum atomic E-state index is -0.739. The molecule has 0 aliphatic carbocycles. The highest BCUT2D eigenvalue weighted by atomic mass is 32.1. The van der Waals surface area contributed by atoms with Crippen LogP contribution in [-0.2, 0) is 11.2 Å². The number of nitrogens with one attached hydrogen (secondary N) is 1. The average molecular weight is 438 g/mol. The van der Waals surface area contributed by atoms with Crippen molar-refractivity contribution in [2.45, 2.75) is 37.8 Å². The number of likely N-dealkylation sites (tertiary alicyclic amines) is 1. The van der Waals surface area contributed by atoms with E-state index in [4.69, 9.17) is 0 Å². The smallest absolute Gasteiger partial charge is 0.262 e. The van der Waals surface area contributed by atoms with E-state index in [9.17, 15) is 14.0 Å². The molecule has 5 nitrogen and oxygen atoms in total. The largest absolute Gasteiger partial charge is 0.339 e. The third-order valence-corrected chi connectivity index (χ3v) is 6.43. The summed E-state index contributed by atoms with van der Waals surface area (Å²) in [7, 11) is 0. The zero-order valence-electron chi connectivity index (χ0n) is 17.0. The van der Waals surface area contributed by atoms with Crippen LogP contribution in [0.25, 0.3) is 0 Å². The molecule has 160 valence electrons. The topological polar surface area (TPSA) is 62.3 Å². The van der Waals surface area contributed by atoms with Crippen molar-refractivity contribution in [1.29, 1.82) is 0 Å². The first kappa shape index (κ1) is 21.2. The summed E-state index contributed by atoms with van der Waals surface area (Å²) in [6.07, 6.45) is 6.64. The van der Waals surface area contributed by atoms with Crippen molar-refractivity contribution >= 4 is 23.2 Å². The number of carbonyl (C=O) groups is 2. The fraction of sp³-hybridized carbons (Fsp3) is 0.292. The van der Waals surface area contributed by atoms with Gasteiger partial charge in [-0.05, 0) is 60.0 Å². The number of halogens is 1. The van der Waals surface area contributed by atoms with Gasteiger partial charge in [0, 0.05) is 25.4 Å². The van der Waals surface area contributed by atoms with Crippen molar-refractivity contribution in [3.8, 4) is 0 Å². The van der Waals surface area contributed by atoms with Gasteiger partial charge in [0.2, 0.25) is 5.91 Å². The van der Waals surface area contributed by atoms with E-state index in [2.05, 4.69) is 10.3 Å². The Bertz CT molecular complexity index is 1010. The Morgan fingerprint density at radius 2 is 2.00 bits per heavy atom. The minimum absolute atomic E-state index is 0.0655. The maximum Gasteiger partial charge on any atom is 0.262 e. The van der Waals surface area contributed by atoms with Crippen LogP contribution < -0.4 is 5.32 Å². The molecule has 1 saturated heterocycles. The van der Waals surface area contributed by atoms with Gasteiger partial charge in [-0.15, -0.1) is 11.3 Å². The summed E-state index contributed by atoms with van der Waals surface area (Å²) >= 11 is 1.33. The summed E-state index contributed by atoms with van der Waals surface area (Å²) in [5.41, 5.74) is 1.79. The number of pyridine rings is 1. The first-order chi connectivity index (χ1) is 15.1. The molecule has 1 aliphatic heterocycles. The molecule has 2 aromatic heterocycles. The van der Waals surface area contributed by atoms with E-state index in [0.717, 1.165) is 30.4 Å². The standard InChI is InChI=1S/C24H24FN3O2S/c25-19-10-8-17(9-11-19)15-20(27-23(29)22-7-4-14-31-22)24(30)28-13-2-1-6-21(28)18-5-3-12-26-16-18/h3-5,7-12,14,16,20-21H,1-2,6,13,15H2,(H,27,29)/t20-,21+/m0/s1. The lowest BCUT2D eigenvalue weighted by molar-refractivity contribution is -0.137. The second-order valence-corrected chi connectivity index (χ2v) is 8.61. The predicted molar refractivity (Wildman–Crippen MR) is 118 cm³/mol. The van der Waals surface area contributed by atoms with Gasteiger partial charge in [-0.25, -0.2) is 4.39 Å². The summed E-state index contributed by atoms with van der Waals surface area (Å²) in [4.78, 5) is 33.1. The molecule has 4 rings (SSSR count). The molecule has 3 heterocycles. The number of carbonyl (C=O) groups excluding carboxylic acids is 2. The lowest BCUT2D eigenvalue weighted by Crippen LogP contribution is -2.51. The van der Waals surface area contributed by atoms with Crippen LogP contribution in [0.1, 0.15) is 46.1 Å². The Hall–Kier alpha value is -3.06. The number of nitrogens with zero attached hydrogens (tertiary/aromatic N) is 2. The number of aromatic nitrogens is 1. The molecule has 0 unspecified atom stereocenters. The number of benzene rings is 1. The Kier molecular flexibility index (Phi) is 6.72. The molecule has 0 saturated carbocycles. The van der Waals surface area contributed by atoms with Gasteiger partial charge in [0.1, 0.15) is 11.9 Å². The van der Waals surface area contributed by atoms with Crippen LogP contribution in [0.15, 0.2) is 66.3 Å². The first-order valence-electron chi connectivity index (χ1n) is 10.4. The third kappa shape index (κ3) is 5.17. The third-order valence-electron chi connectivity index (χ3n) is 5.56. The molecule has 0 radical (unpaired) electrons. The van der Waals surface area contributed by atoms with E-state index >= 15 is 0 Å². The first-order valence-corrected chi connectivity index (χ1v) is 11.3. The predicted octanol–water partition coefficient (Wildman–Crippen LogP) is 4.38. The van der Waals surface area contributed by atoms with Gasteiger partial charge in [0.25, 0.3) is 5.91 Å². The Morgan fingerprint density at radius 3 is 2.71 bits per heavy atom. The van der Waals surface area contributed by atoms with Crippen molar-refractivity contribution in [2.24, 2.45) is 0 Å². The van der Waals surface area contributed by atoms with Crippen LogP contribution in [0.5, 0.6) is 0 Å². The molecule has 31 heavy (non-hydrogen) atoms. The molecule has 0 spiro atoms. The number of piperidine rings is 1. The van der Waals surface area contributed by atoms with Crippen LogP contribution in [0, 0.1) is 5.82 Å². The Labute approximate surface area is 184 Å². The molecule has 7 heteroatoms. The highest BCUT2D eigenvalue weighted by Crippen LogP contribution is 2.31. The quantitative estimate of drug-likeness (QED) is 0.623. The molecular formula is C24H24FN3O2S. The van der Waals surface area contributed by atoms with E-state index in [1.54, 1.807) is 36.7 Å². The molecule has 1 aliphatic rings. The molecule has 2 atom stereocenters. The summed E-state index contributed by atoms with van der Waals surface area (Å²) in [6, 6.07) is 12.7. The van der Waals surface area contributed by atoms with E-state index in [1.165, 1.54) is 23.5 Å². The van der Waals surface area contributed by atoms with Crippen LogP contribution in [0.3, 0.4) is 0 Å². The van der Waals surface area contributed by atoms with E-state index in [-0.39, 0.29) is 23.7 Å². The van der Waals surface area contributed by atoms with Crippen molar-refractivity contribution < 1.29 is 14.0 Å². The van der Waals surface area contributed by atoms with E-state index in [0.29, 0.717) is 17.8 Å². The maximum absolute atomic E-state index is 13.7. The van der Waals surface area contributed by atoms with E-state index in [1.807, 2.05) is 22.4 Å². The van der Waals surface area contributed by atoms with Crippen molar-refractivity contribution in [1.82, 2.24) is 15.2 Å². The molecular weight excluding hydrogens is 413 g/mol. The molecule has 3 aromatic rings. The highest BCUT2D eigenvalue weighted by molar-refractivity contribution is 7.12. The van der Waals surface area contributed by atoms with Crippen molar-refractivity contribution in [3.63, 3.8) is 0 Å². The van der Waals surface area contributed by atoms with Gasteiger partial charge < -0.3 is 10.2 Å². The van der Waals surface area contributed by atoms with Crippen LogP contribution in [-0.4, -0.2) is 34.3 Å². The maximum atomic E-state index is 13.7. The summed E-state index contributed by atoms with van der Waals surface area (Å²) in [5, 5.41) is 4.75. The molecule has 1 N–H and O–H groups in total. The van der Waals surface area contributed by atoms with Crippen LogP contribution in [0.2, 0.25) is 0 Å². The normalized spacial score (nSPS) is 17.2. The zero-order chi connectivity index (χ0) is 21.6. The van der Waals surface area contributed by atoms with Crippen molar-refractivity contribution in [2.75, 3.05) is 6.54 Å². The average Bonchev–Trinajstić information content (AvgIpc) is 3.35. The van der Waals surface area contributed by atoms with Gasteiger partial charge in [-0.2, -0.15) is 0 Å². The Morgan fingerprint density at radius 1 is 1.16 bits per heavy atom. The molecule has 1 fully saturated rings. The SMILES string of the molecule is O=C(N[C@@H](Cc1ccc(F)cc1)C(=O)N1CCCC[C@@H]1c1cccnc1)c1cccs1. The number of hydrogen-bond acceptors (Lipinski definition) is 4. The fourth-order valence-electron chi connectivity index (χ4n) is 4.01. The van der Waals surface area contributed by atoms with Crippen molar-refractivity contribution in [3.05, 3.63) is 88.1 Å². The molecule has 2 amide bonds. The minimum Gasteiger partial charge on any atom is -0.339 e. The highest BCUT2D eigenvalue weighted by Gasteiger charge is 2.33. The van der Waals surface area contributed by atoms with Gasteiger partial charge in [-0.3, -0.25) is 14.6 Å². The Balaban J connectivity index is 1.59. The fourth-order valence-corrected chi connectivity index (χ4v) is 4.64. The number of hydrogen-bond donors (Lipinski definition) is 1. The second-order valence-electron chi connectivity index (χ2n) is 7.66. The number of amides is 2. The summed E-state index contributed by atoms with van der Waals surface area (Å²) in [6.45, 7) is 0.632. The monoisotopic (exact) mass is 437 g/mol. The lowest BCUT2D eigenvalue weighted by atomic mass is 9.94. The second kappa shape index (κ2) is 9.83. The van der Waals surface area contributed by atoms with Crippen LogP contribution >= 0.6 is 11.3 Å². The van der Waals surface area contributed by atoms with Crippen LogP contribution in [0.4, 0.5) is 4.39 Å². The summed E-state index contributed by atoms with van der Waals surface area (Å²) < 4.78 is 13.4.